The molecule has 3 heterocycles. The number of carbonyl (C=O) groups is 1. The minimum atomic E-state index is -0.239. The van der Waals surface area contributed by atoms with Gasteiger partial charge in [-0.2, -0.15) is 9.36 Å². The van der Waals surface area contributed by atoms with Crippen molar-refractivity contribution < 1.29 is 14.2 Å². The van der Waals surface area contributed by atoms with E-state index < -0.39 is 0 Å². The van der Waals surface area contributed by atoms with E-state index in [1.807, 2.05) is 19.1 Å². The minimum Gasteiger partial charge on any atom is -0.315 e. The minimum absolute atomic E-state index is 0.239. The Morgan fingerprint density at radius 3 is 2.88 bits per heavy atom. The molecule has 1 aromatic carbocycles. The summed E-state index contributed by atoms with van der Waals surface area (Å²) in [5.41, 5.74) is 4.76. The van der Waals surface area contributed by atoms with E-state index in [9.17, 15) is 4.79 Å². The molecule has 0 bridgehead atoms. The maximum atomic E-state index is 11.8. The molecule has 1 amide bonds. The third-order valence-corrected chi connectivity index (χ3v) is 4.47. The highest BCUT2D eigenvalue weighted by Crippen LogP contribution is 2.28. The first-order chi connectivity index (χ1) is 12.1. The van der Waals surface area contributed by atoms with Crippen LogP contribution >= 0.6 is 11.5 Å². The predicted octanol–water partition coefficient (Wildman–Crippen LogP) is 2.05. The Morgan fingerprint density at radius 2 is 2.16 bits per heavy atom. The summed E-state index contributed by atoms with van der Waals surface area (Å²) in [6.07, 6.45) is 0. The molecule has 2 aromatic heterocycles. The van der Waals surface area contributed by atoms with Crippen molar-refractivity contribution in [3.63, 3.8) is 0 Å². The number of nitrogens with one attached hydrogen (secondary N) is 1. The largest absolute Gasteiger partial charge is 0.330 e. The summed E-state index contributed by atoms with van der Waals surface area (Å²) < 4.78 is 9.52. The lowest BCUT2D eigenvalue weighted by Gasteiger charge is -2.20. The zero-order valence-electron chi connectivity index (χ0n) is 13.5. The number of nitrogens with zero attached hydrogens (tertiary/aromatic N) is 5. The molecular weight excluding hydrogens is 344 g/mol. The van der Waals surface area contributed by atoms with Crippen molar-refractivity contribution in [2.24, 2.45) is 0 Å². The van der Waals surface area contributed by atoms with Gasteiger partial charge in [0.25, 0.3) is 5.91 Å². The highest BCUT2D eigenvalue weighted by atomic mass is 32.1. The lowest BCUT2D eigenvalue weighted by Crippen LogP contribution is -2.30. The van der Waals surface area contributed by atoms with Gasteiger partial charge in [0.15, 0.2) is 5.82 Å². The van der Waals surface area contributed by atoms with Crippen LogP contribution in [0.5, 0.6) is 0 Å². The van der Waals surface area contributed by atoms with E-state index in [1.54, 1.807) is 17.9 Å². The Bertz CT molecular complexity index is 897. The van der Waals surface area contributed by atoms with Crippen molar-refractivity contribution in [3.8, 4) is 0 Å². The fourth-order valence-electron chi connectivity index (χ4n) is 2.51. The van der Waals surface area contributed by atoms with Crippen LogP contribution in [0.4, 0.5) is 11.1 Å². The number of carbonyl (C=O) groups excluding carboxylic acids is 1. The molecule has 0 atom stereocenters. The maximum Gasteiger partial charge on any atom is 0.330 e. The molecule has 1 aliphatic rings. The molecule has 9 nitrogen and oxygen atoms in total. The van der Waals surface area contributed by atoms with Gasteiger partial charge in [-0.05, 0) is 31.0 Å². The Hall–Kier alpha value is -2.85. The van der Waals surface area contributed by atoms with E-state index in [4.69, 9.17) is 9.36 Å². The molecule has 1 N–H and O–H groups in total. The van der Waals surface area contributed by atoms with E-state index in [0.29, 0.717) is 41.5 Å². The van der Waals surface area contributed by atoms with Gasteiger partial charge in [0.2, 0.25) is 5.13 Å². The molecule has 10 heteroatoms. The summed E-state index contributed by atoms with van der Waals surface area (Å²) in [7, 11) is 0. The topological polar surface area (TPSA) is 106 Å². The standard InChI is InChI=1S/C15H14N6O3S/c1-8-16-14(24-18-8)21(15-17-9(2)20-25-15)6-10-3-4-12-11(5-10)7-23-19-13(12)22/h3-5H,6-7H2,1-2H3,(H,19,22). The van der Waals surface area contributed by atoms with Gasteiger partial charge in [-0.1, -0.05) is 17.3 Å². The predicted molar refractivity (Wildman–Crippen MR) is 88.2 cm³/mol. The maximum absolute atomic E-state index is 11.8. The second-order valence-corrected chi connectivity index (χ2v) is 6.28. The Kier molecular flexibility index (Phi) is 3.90. The van der Waals surface area contributed by atoms with Gasteiger partial charge in [0.1, 0.15) is 12.4 Å². The van der Waals surface area contributed by atoms with Crippen molar-refractivity contribution in [1.29, 1.82) is 0 Å². The first-order valence-electron chi connectivity index (χ1n) is 7.52. The first-order valence-corrected chi connectivity index (χ1v) is 8.29. The number of amides is 1. The molecule has 0 radical (unpaired) electrons. The van der Waals surface area contributed by atoms with Gasteiger partial charge in [-0.15, -0.1) is 0 Å². The second kappa shape index (κ2) is 6.22. The van der Waals surface area contributed by atoms with Crippen LogP contribution in [0.2, 0.25) is 0 Å². The van der Waals surface area contributed by atoms with Crippen LogP contribution in [0.15, 0.2) is 22.7 Å². The van der Waals surface area contributed by atoms with Crippen molar-refractivity contribution in [1.82, 2.24) is 25.0 Å². The number of rotatable bonds is 4. The number of aryl methyl sites for hydroxylation is 2. The number of anilines is 2. The molecule has 0 spiro atoms. The van der Waals surface area contributed by atoms with Crippen molar-refractivity contribution in [3.05, 3.63) is 46.5 Å². The Morgan fingerprint density at radius 1 is 1.28 bits per heavy atom. The number of benzene rings is 1. The summed E-state index contributed by atoms with van der Waals surface area (Å²) in [6, 6.07) is 5.94. The fraction of sp³-hybridized carbons (Fsp3) is 0.267. The van der Waals surface area contributed by atoms with Gasteiger partial charge in [0.05, 0.1) is 6.54 Å². The number of aromatic nitrogens is 4. The number of hydrogen-bond donors (Lipinski definition) is 1. The average Bonchev–Trinajstić information content (AvgIpc) is 3.21. The number of fused-ring (bicyclic) bond motifs is 1. The first kappa shape index (κ1) is 15.7. The normalized spacial score (nSPS) is 13.4. The van der Waals surface area contributed by atoms with Gasteiger partial charge in [-0.3, -0.25) is 14.5 Å². The number of hydroxylamine groups is 1. The van der Waals surface area contributed by atoms with Crippen LogP contribution in [0.1, 0.15) is 33.1 Å². The molecule has 3 aromatic rings. The van der Waals surface area contributed by atoms with Gasteiger partial charge >= 0.3 is 6.01 Å². The molecule has 1 aliphatic heterocycles. The Labute approximate surface area is 146 Å². The van der Waals surface area contributed by atoms with Crippen molar-refractivity contribution in [2.75, 3.05) is 4.90 Å². The van der Waals surface area contributed by atoms with E-state index >= 15 is 0 Å². The number of hydrogen-bond acceptors (Lipinski definition) is 9. The van der Waals surface area contributed by atoms with Gasteiger partial charge in [0, 0.05) is 17.1 Å². The van der Waals surface area contributed by atoms with Crippen molar-refractivity contribution >= 4 is 28.6 Å². The quantitative estimate of drug-likeness (QED) is 0.755. The van der Waals surface area contributed by atoms with Crippen LogP contribution in [-0.2, 0) is 18.0 Å². The molecular formula is C15H14N6O3S. The zero-order valence-corrected chi connectivity index (χ0v) is 14.3. The zero-order chi connectivity index (χ0) is 17.4. The molecule has 0 unspecified atom stereocenters. The monoisotopic (exact) mass is 358 g/mol. The summed E-state index contributed by atoms with van der Waals surface area (Å²) in [4.78, 5) is 27.3. The molecule has 0 aliphatic carbocycles. The second-order valence-electron chi connectivity index (χ2n) is 5.55. The molecule has 128 valence electrons. The highest BCUT2D eigenvalue weighted by molar-refractivity contribution is 7.09. The highest BCUT2D eigenvalue weighted by Gasteiger charge is 2.22. The summed E-state index contributed by atoms with van der Waals surface area (Å²) in [6.45, 7) is 4.36. The molecule has 25 heavy (non-hydrogen) atoms. The van der Waals surface area contributed by atoms with Crippen LogP contribution < -0.4 is 10.4 Å². The third kappa shape index (κ3) is 3.08. The van der Waals surface area contributed by atoms with E-state index in [1.165, 1.54) is 11.5 Å². The van der Waals surface area contributed by atoms with Crippen LogP contribution in [-0.4, -0.2) is 25.4 Å². The molecule has 0 fully saturated rings. The van der Waals surface area contributed by atoms with Gasteiger partial charge in [-0.25, -0.2) is 10.5 Å². The SMILES string of the molecule is Cc1noc(N(Cc2ccc3c(c2)CONC3=O)c2nc(C)ns2)n1. The Balaban J connectivity index is 1.68. The molecule has 0 saturated carbocycles. The fourth-order valence-corrected chi connectivity index (χ4v) is 3.18. The van der Waals surface area contributed by atoms with E-state index in [2.05, 4.69) is 25.0 Å². The van der Waals surface area contributed by atoms with Crippen molar-refractivity contribution in [2.45, 2.75) is 27.0 Å². The van der Waals surface area contributed by atoms with Crippen LogP contribution in [0.25, 0.3) is 0 Å². The summed E-state index contributed by atoms with van der Waals surface area (Å²) >= 11 is 1.26. The summed E-state index contributed by atoms with van der Waals surface area (Å²) in [5.74, 6) is 0.977. The smallest absolute Gasteiger partial charge is 0.315 e. The third-order valence-electron chi connectivity index (χ3n) is 3.64. The molecule has 0 saturated heterocycles. The molecule has 4 rings (SSSR count). The van der Waals surface area contributed by atoms with E-state index in [-0.39, 0.29) is 5.91 Å². The van der Waals surface area contributed by atoms with Gasteiger partial charge < -0.3 is 4.52 Å². The van der Waals surface area contributed by atoms with Crippen LogP contribution in [0.3, 0.4) is 0 Å². The lowest BCUT2D eigenvalue weighted by atomic mass is 10.0. The van der Waals surface area contributed by atoms with E-state index in [0.717, 1.165) is 11.1 Å². The van der Waals surface area contributed by atoms with Crippen LogP contribution in [0, 0.1) is 13.8 Å². The average molecular weight is 358 g/mol. The lowest BCUT2D eigenvalue weighted by molar-refractivity contribution is 0.0154. The summed E-state index contributed by atoms with van der Waals surface area (Å²) in [5, 5.41) is 4.51.